The zero-order valence-electron chi connectivity index (χ0n) is 4.91. The number of aliphatic hydroxyl groups excluding tert-OH is 1. The minimum Gasteiger partial charge on any atom is -0.433 e. The van der Waals surface area contributed by atoms with Gasteiger partial charge in [0.05, 0.1) is 6.26 Å². The van der Waals surface area contributed by atoms with Crippen molar-refractivity contribution in [3.05, 3.63) is 12.8 Å². The van der Waals surface area contributed by atoms with Gasteiger partial charge in [-0.05, 0) is 0 Å². The summed E-state index contributed by atoms with van der Waals surface area (Å²) in [5, 5.41) is 7.94. The number of ether oxygens (including phenoxy) is 1. The number of carbonyl (C=O) groups is 1. The quantitative estimate of drug-likeness (QED) is 0.288. The minimum absolute atomic E-state index is 0. The molecule has 0 aromatic rings. The van der Waals surface area contributed by atoms with E-state index >= 15 is 0 Å². The molecule has 0 saturated heterocycles. The molecular formula is C4H6B2O3. The van der Waals surface area contributed by atoms with Crippen molar-refractivity contribution in [1.29, 1.82) is 0 Å². The van der Waals surface area contributed by atoms with Crippen LogP contribution in [0.2, 0.25) is 0 Å². The summed E-state index contributed by atoms with van der Waals surface area (Å²) in [5.41, 5.74) is 0. The van der Waals surface area contributed by atoms with Crippen molar-refractivity contribution in [3.63, 3.8) is 0 Å². The van der Waals surface area contributed by atoms with Gasteiger partial charge in [0, 0.05) is 16.8 Å². The van der Waals surface area contributed by atoms with E-state index in [1.807, 2.05) is 0 Å². The predicted molar refractivity (Wildman–Crippen MR) is 34.9 cm³/mol. The third-order valence-electron chi connectivity index (χ3n) is 0.344. The fourth-order valence-corrected chi connectivity index (χ4v) is 0.130. The first-order valence-corrected chi connectivity index (χ1v) is 1.72. The molecular weight excluding hydrogens is 118 g/mol. The Balaban J connectivity index is -0.000000180. The molecule has 0 fully saturated rings. The largest absolute Gasteiger partial charge is 0.433 e. The first-order valence-electron chi connectivity index (χ1n) is 1.72. The summed E-state index contributed by atoms with van der Waals surface area (Å²) in [6.45, 7) is 2.50. The second kappa shape index (κ2) is 10.3. The van der Waals surface area contributed by atoms with Crippen molar-refractivity contribution >= 4 is 22.8 Å². The fourth-order valence-electron chi connectivity index (χ4n) is 0.130. The Morgan fingerprint density at radius 2 is 2.11 bits per heavy atom. The van der Waals surface area contributed by atoms with Crippen molar-refractivity contribution in [1.82, 2.24) is 0 Å². The molecule has 0 aliphatic heterocycles. The molecule has 0 bridgehead atoms. The number of aliphatic hydroxyl groups is 1. The molecule has 0 aliphatic rings. The van der Waals surface area contributed by atoms with Crippen LogP contribution in [0.3, 0.4) is 0 Å². The Hall–Kier alpha value is -0.700. The van der Waals surface area contributed by atoms with E-state index in [9.17, 15) is 4.79 Å². The molecule has 0 heterocycles. The topological polar surface area (TPSA) is 46.5 Å². The maximum absolute atomic E-state index is 9.87. The van der Waals surface area contributed by atoms with Crippen LogP contribution in [0, 0.1) is 0 Å². The van der Waals surface area contributed by atoms with E-state index in [-0.39, 0.29) is 16.8 Å². The highest BCUT2D eigenvalue weighted by atomic mass is 16.5. The molecule has 1 N–H and O–H groups in total. The van der Waals surface area contributed by atoms with Gasteiger partial charge in [-0.25, -0.2) is 4.79 Å². The maximum atomic E-state index is 9.87. The Morgan fingerprint density at radius 1 is 1.67 bits per heavy atom. The molecule has 0 atom stereocenters. The molecule has 0 aliphatic carbocycles. The van der Waals surface area contributed by atoms with E-state index in [0.717, 1.165) is 6.26 Å². The summed E-state index contributed by atoms with van der Waals surface area (Å²) in [6.07, 6.45) is 0.971. The van der Waals surface area contributed by atoms with E-state index < -0.39 is 12.6 Å². The molecule has 0 amide bonds. The summed E-state index contributed by atoms with van der Waals surface area (Å²) < 4.78 is 4.07. The number of esters is 1. The van der Waals surface area contributed by atoms with Gasteiger partial charge in [0.15, 0.2) is 0 Å². The van der Waals surface area contributed by atoms with Gasteiger partial charge in [-0.3, -0.25) is 0 Å². The monoisotopic (exact) mass is 124 g/mol. The molecule has 0 aromatic carbocycles. The van der Waals surface area contributed by atoms with Crippen molar-refractivity contribution in [2.45, 2.75) is 0 Å². The molecule has 5 heteroatoms. The lowest BCUT2D eigenvalue weighted by Gasteiger charge is -1.88. The van der Waals surface area contributed by atoms with E-state index in [4.69, 9.17) is 5.11 Å². The Kier molecular flexibility index (Phi) is 18.0. The zero-order valence-corrected chi connectivity index (χ0v) is 4.91. The third-order valence-corrected chi connectivity index (χ3v) is 0.344. The van der Waals surface area contributed by atoms with Gasteiger partial charge in [-0.2, -0.15) is 0 Å². The van der Waals surface area contributed by atoms with Crippen LogP contribution in [-0.4, -0.2) is 34.5 Å². The van der Waals surface area contributed by atoms with Crippen LogP contribution < -0.4 is 0 Å². The molecule has 0 saturated carbocycles. The van der Waals surface area contributed by atoms with Gasteiger partial charge < -0.3 is 9.84 Å². The maximum Gasteiger partial charge on any atom is 0.336 e. The fraction of sp³-hybridized carbons (Fsp3) is 0.250. The van der Waals surface area contributed by atoms with E-state index in [1.165, 1.54) is 0 Å². The normalized spacial score (nSPS) is 5.89. The zero-order chi connectivity index (χ0) is 5.70. The average Bonchev–Trinajstić information content (AvgIpc) is 1.68. The van der Waals surface area contributed by atoms with Gasteiger partial charge in [0.2, 0.25) is 0 Å². The predicted octanol–water partition coefficient (Wildman–Crippen LogP) is -1.10. The minimum atomic E-state index is -0.685. The van der Waals surface area contributed by atoms with Crippen LogP contribution >= 0.6 is 0 Å². The van der Waals surface area contributed by atoms with Crippen LogP contribution in [0.5, 0.6) is 0 Å². The third kappa shape index (κ3) is 11.1. The van der Waals surface area contributed by atoms with Gasteiger partial charge in [-0.15, -0.1) is 0 Å². The van der Waals surface area contributed by atoms with Crippen LogP contribution in [0.1, 0.15) is 0 Å². The van der Waals surface area contributed by atoms with Gasteiger partial charge in [-0.1, -0.05) is 6.58 Å². The molecule has 0 spiro atoms. The molecule has 3 nitrogen and oxygen atoms in total. The Bertz CT molecular complexity index is 83.9. The highest BCUT2D eigenvalue weighted by Gasteiger charge is 1.91. The van der Waals surface area contributed by atoms with Crippen LogP contribution in [0.4, 0.5) is 0 Å². The van der Waals surface area contributed by atoms with Crippen LogP contribution in [0.15, 0.2) is 12.8 Å². The first kappa shape index (κ1) is 15.7. The van der Waals surface area contributed by atoms with Crippen LogP contribution in [-0.2, 0) is 9.53 Å². The number of rotatable bonds is 2. The lowest BCUT2D eigenvalue weighted by molar-refractivity contribution is -0.141. The molecule has 46 valence electrons. The summed E-state index contributed by atoms with van der Waals surface area (Å²) >= 11 is 0. The SMILES string of the molecule is C=COC(=O)CO.[B].[B]. The lowest BCUT2D eigenvalue weighted by Crippen LogP contribution is -2.03. The summed E-state index contributed by atoms with van der Waals surface area (Å²) in [5.74, 6) is -0.685. The Labute approximate surface area is 57.9 Å². The number of hydrogen-bond acceptors (Lipinski definition) is 3. The molecule has 0 unspecified atom stereocenters. The first-order chi connectivity index (χ1) is 3.31. The standard InChI is InChI=1S/C4H6O3.2B/c1-2-7-4(6)3-5;;/h2,5H,1,3H2;;. The van der Waals surface area contributed by atoms with E-state index in [0.29, 0.717) is 0 Å². The molecule has 9 heavy (non-hydrogen) atoms. The average molecular weight is 124 g/mol. The van der Waals surface area contributed by atoms with Crippen LogP contribution in [0.25, 0.3) is 0 Å². The number of hydrogen-bond donors (Lipinski definition) is 1. The van der Waals surface area contributed by atoms with Crippen molar-refractivity contribution in [2.75, 3.05) is 6.61 Å². The Morgan fingerprint density at radius 3 is 2.22 bits per heavy atom. The smallest absolute Gasteiger partial charge is 0.336 e. The van der Waals surface area contributed by atoms with E-state index in [2.05, 4.69) is 11.3 Å². The lowest BCUT2D eigenvalue weighted by atomic mass is 10.7. The summed E-state index contributed by atoms with van der Waals surface area (Å²) in [4.78, 5) is 9.87. The molecule has 0 rings (SSSR count). The highest BCUT2D eigenvalue weighted by Crippen LogP contribution is 1.72. The van der Waals surface area contributed by atoms with E-state index in [1.54, 1.807) is 0 Å². The van der Waals surface area contributed by atoms with Crippen molar-refractivity contribution in [3.8, 4) is 0 Å². The molecule has 0 aromatic heterocycles. The van der Waals surface area contributed by atoms with Gasteiger partial charge >= 0.3 is 5.97 Å². The summed E-state index contributed by atoms with van der Waals surface area (Å²) in [7, 11) is 0. The highest BCUT2D eigenvalue weighted by molar-refractivity contribution is 5.76. The van der Waals surface area contributed by atoms with Crippen molar-refractivity contribution < 1.29 is 14.6 Å². The van der Waals surface area contributed by atoms with Gasteiger partial charge in [0.1, 0.15) is 6.61 Å². The summed E-state index contributed by atoms with van der Waals surface area (Å²) in [6, 6.07) is 0. The number of carbonyl (C=O) groups excluding carboxylic acids is 1. The molecule has 6 radical (unpaired) electrons. The second-order valence-corrected chi connectivity index (χ2v) is 0.815. The van der Waals surface area contributed by atoms with Crippen molar-refractivity contribution in [2.24, 2.45) is 0 Å². The van der Waals surface area contributed by atoms with Gasteiger partial charge in [0.25, 0.3) is 0 Å². The second-order valence-electron chi connectivity index (χ2n) is 0.815.